The van der Waals surface area contributed by atoms with Crippen LogP contribution >= 0.6 is 0 Å². The third-order valence-electron chi connectivity index (χ3n) is 5.32. The molecule has 2 aromatic heterocycles. The molecule has 0 bridgehead atoms. The fourth-order valence-corrected chi connectivity index (χ4v) is 3.93. The lowest BCUT2D eigenvalue weighted by Gasteiger charge is -2.40. The number of fused-ring (bicyclic) bond motifs is 1. The predicted molar refractivity (Wildman–Crippen MR) is 93.3 cm³/mol. The minimum Gasteiger partial charge on any atom is -0.467 e. The lowest BCUT2D eigenvalue weighted by molar-refractivity contribution is -0.129. The van der Waals surface area contributed by atoms with Crippen molar-refractivity contribution < 1.29 is 18.7 Å². The summed E-state index contributed by atoms with van der Waals surface area (Å²) in [5.41, 5.74) is 0.632. The third kappa shape index (κ3) is 3.14. The number of hydrogen-bond donors (Lipinski definition) is 1. The molecule has 4 heterocycles. The van der Waals surface area contributed by atoms with Crippen molar-refractivity contribution in [1.29, 1.82) is 0 Å². The van der Waals surface area contributed by atoms with E-state index in [9.17, 15) is 9.59 Å². The van der Waals surface area contributed by atoms with Crippen molar-refractivity contribution >= 4 is 11.8 Å². The molecule has 7 heteroatoms. The van der Waals surface area contributed by atoms with Gasteiger partial charge in [-0.3, -0.25) is 9.59 Å². The summed E-state index contributed by atoms with van der Waals surface area (Å²) in [6.45, 7) is 1.40. The number of nitrogens with zero attached hydrogens (tertiary/aromatic N) is 2. The molecule has 0 aliphatic carbocycles. The molecule has 0 aromatic carbocycles. The topological polar surface area (TPSA) is 76.7 Å². The highest BCUT2D eigenvalue weighted by molar-refractivity contribution is 5.93. The predicted octanol–water partition coefficient (Wildman–Crippen LogP) is 1.55. The van der Waals surface area contributed by atoms with Gasteiger partial charge in [-0.25, -0.2) is 0 Å². The Bertz CT molecular complexity index is 783. The summed E-state index contributed by atoms with van der Waals surface area (Å²) < 4.78 is 12.9. The van der Waals surface area contributed by atoms with Crippen LogP contribution in [0.2, 0.25) is 0 Å². The molecule has 0 spiro atoms. The van der Waals surface area contributed by atoms with Crippen molar-refractivity contribution in [2.75, 3.05) is 13.2 Å². The number of rotatable bonds is 4. The molecule has 4 rings (SSSR count). The molecule has 2 saturated heterocycles. The Labute approximate surface area is 151 Å². The van der Waals surface area contributed by atoms with Gasteiger partial charge >= 0.3 is 0 Å². The molecule has 2 amide bonds. The number of carbonyl (C=O) groups excluding carboxylic acids is 2. The normalized spacial score (nSPS) is 25.1. The molecule has 7 nitrogen and oxygen atoms in total. The van der Waals surface area contributed by atoms with E-state index in [2.05, 4.69) is 5.32 Å². The molecule has 26 heavy (non-hydrogen) atoms. The van der Waals surface area contributed by atoms with Crippen LogP contribution in [0.5, 0.6) is 0 Å². The summed E-state index contributed by atoms with van der Waals surface area (Å²) in [5, 5.41) is 2.91. The number of piperidine rings is 1. The van der Waals surface area contributed by atoms with Crippen molar-refractivity contribution in [3.05, 3.63) is 48.2 Å². The molecule has 2 fully saturated rings. The summed E-state index contributed by atoms with van der Waals surface area (Å²) in [6.07, 6.45) is 4.83. The standard InChI is InChI=1S/C19H23N3O4/c1-21-7-2-5-16(21)19(24)22-12-13(10-17-15(22)6-9-26-17)18(23)20-11-14-4-3-8-25-14/h2-5,7-8,13,15,17H,6,9-12H2,1H3,(H,20,23)/t13-,15+,17+/m1/s1. The van der Waals surface area contributed by atoms with Crippen LogP contribution in [0.4, 0.5) is 0 Å². The van der Waals surface area contributed by atoms with Crippen molar-refractivity contribution in [1.82, 2.24) is 14.8 Å². The molecular formula is C19H23N3O4. The van der Waals surface area contributed by atoms with E-state index in [0.29, 0.717) is 37.6 Å². The molecule has 2 aromatic rings. The second kappa shape index (κ2) is 6.99. The van der Waals surface area contributed by atoms with Crippen LogP contribution in [0.1, 0.15) is 29.1 Å². The van der Waals surface area contributed by atoms with Crippen LogP contribution in [0, 0.1) is 5.92 Å². The summed E-state index contributed by atoms with van der Waals surface area (Å²) >= 11 is 0. The molecule has 0 radical (unpaired) electrons. The van der Waals surface area contributed by atoms with Crippen LogP contribution in [-0.4, -0.2) is 46.6 Å². The van der Waals surface area contributed by atoms with Gasteiger partial charge in [-0.15, -0.1) is 0 Å². The maximum absolute atomic E-state index is 13.0. The highest BCUT2D eigenvalue weighted by atomic mass is 16.5. The second-order valence-corrected chi connectivity index (χ2v) is 6.96. The number of ether oxygens (including phenoxy) is 1. The number of hydrogen-bond acceptors (Lipinski definition) is 4. The summed E-state index contributed by atoms with van der Waals surface area (Å²) in [4.78, 5) is 27.5. The summed E-state index contributed by atoms with van der Waals surface area (Å²) in [5.74, 6) is 0.316. The maximum atomic E-state index is 13.0. The quantitative estimate of drug-likeness (QED) is 0.901. The van der Waals surface area contributed by atoms with Crippen molar-refractivity contribution in [2.24, 2.45) is 13.0 Å². The van der Waals surface area contributed by atoms with E-state index in [4.69, 9.17) is 9.15 Å². The van der Waals surface area contributed by atoms with Gasteiger partial charge in [0.25, 0.3) is 5.91 Å². The van der Waals surface area contributed by atoms with E-state index in [0.717, 1.165) is 6.42 Å². The van der Waals surface area contributed by atoms with Crippen LogP contribution in [0.25, 0.3) is 0 Å². The van der Waals surface area contributed by atoms with Gasteiger partial charge in [0, 0.05) is 26.4 Å². The Hall–Kier alpha value is -2.54. The zero-order valence-electron chi connectivity index (χ0n) is 14.8. The van der Waals surface area contributed by atoms with E-state index in [-0.39, 0.29) is 29.9 Å². The fraction of sp³-hybridized carbons (Fsp3) is 0.474. The molecule has 0 unspecified atom stereocenters. The maximum Gasteiger partial charge on any atom is 0.270 e. The van der Waals surface area contributed by atoms with Crippen molar-refractivity contribution in [3.63, 3.8) is 0 Å². The Morgan fingerprint density at radius 1 is 1.31 bits per heavy atom. The van der Waals surface area contributed by atoms with E-state index < -0.39 is 0 Å². The molecule has 2 aliphatic heterocycles. The van der Waals surface area contributed by atoms with E-state index >= 15 is 0 Å². The van der Waals surface area contributed by atoms with Gasteiger partial charge in [0.1, 0.15) is 11.5 Å². The average Bonchev–Trinajstić information content (AvgIpc) is 3.39. The average molecular weight is 357 g/mol. The number of likely N-dealkylation sites (tertiary alicyclic amines) is 1. The number of aromatic nitrogens is 1. The van der Waals surface area contributed by atoms with Gasteiger partial charge in [-0.1, -0.05) is 0 Å². The molecule has 2 aliphatic rings. The zero-order chi connectivity index (χ0) is 18.1. The van der Waals surface area contributed by atoms with Crippen LogP contribution in [0.15, 0.2) is 41.1 Å². The molecular weight excluding hydrogens is 334 g/mol. The van der Waals surface area contributed by atoms with Crippen molar-refractivity contribution in [2.45, 2.75) is 31.5 Å². The van der Waals surface area contributed by atoms with Gasteiger partial charge in [-0.05, 0) is 37.1 Å². The Morgan fingerprint density at radius 2 is 2.19 bits per heavy atom. The second-order valence-electron chi connectivity index (χ2n) is 6.96. The van der Waals surface area contributed by atoms with Gasteiger partial charge in [-0.2, -0.15) is 0 Å². The van der Waals surface area contributed by atoms with E-state index in [1.807, 2.05) is 40.9 Å². The number of amides is 2. The molecule has 1 N–H and O–H groups in total. The summed E-state index contributed by atoms with van der Waals surface area (Å²) in [7, 11) is 1.85. The smallest absolute Gasteiger partial charge is 0.270 e. The monoisotopic (exact) mass is 357 g/mol. The van der Waals surface area contributed by atoms with Gasteiger partial charge in [0.15, 0.2) is 0 Å². The van der Waals surface area contributed by atoms with E-state index in [1.165, 1.54) is 0 Å². The van der Waals surface area contributed by atoms with Crippen molar-refractivity contribution in [3.8, 4) is 0 Å². The first-order chi connectivity index (χ1) is 12.6. The van der Waals surface area contributed by atoms with Crippen LogP contribution in [-0.2, 0) is 23.1 Å². The third-order valence-corrected chi connectivity index (χ3v) is 5.32. The first kappa shape index (κ1) is 16.9. The van der Waals surface area contributed by atoms with Gasteiger partial charge in [0.2, 0.25) is 5.91 Å². The molecule has 0 saturated carbocycles. The Morgan fingerprint density at radius 3 is 2.92 bits per heavy atom. The molecule has 138 valence electrons. The lowest BCUT2D eigenvalue weighted by Crippen LogP contribution is -2.55. The van der Waals surface area contributed by atoms with Gasteiger partial charge < -0.3 is 23.9 Å². The highest BCUT2D eigenvalue weighted by Crippen LogP contribution is 2.32. The summed E-state index contributed by atoms with van der Waals surface area (Å²) in [6, 6.07) is 7.33. The van der Waals surface area contributed by atoms with Crippen LogP contribution < -0.4 is 5.32 Å². The first-order valence-electron chi connectivity index (χ1n) is 8.97. The van der Waals surface area contributed by atoms with E-state index in [1.54, 1.807) is 12.3 Å². The fourth-order valence-electron chi connectivity index (χ4n) is 3.93. The minimum atomic E-state index is -0.284. The number of aryl methyl sites for hydroxylation is 1. The largest absolute Gasteiger partial charge is 0.467 e. The highest BCUT2D eigenvalue weighted by Gasteiger charge is 2.44. The SMILES string of the molecule is Cn1cccc1C(=O)N1C[C@H](C(=O)NCc2ccco2)C[C@@H]2OCC[C@@H]21. The van der Waals surface area contributed by atoms with Gasteiger partial charge in [0.05, 0.1) is 30.9 Å². The minimum absolute atomic E-state index is 0.0402. The number of carbonyl (C=O) groups is 2. The number of furan rings is 1. The number of nitrogens with one attached hydrogen (secondary N) is 1. The lowest BCUT2D eigenvalue weighted by atomic mass is 9.89. The first-order valence-corrected chi connectivity index (χ1v) is 8.97. The Balaban J connectivity index is 1.48. The molecule has 3 atom stereocenters. The van der Waals surface area contributed by atoms with Crippen LogP contribution in [0.3, 0.4) is 0 Å². The Kier molecular flexibility index (Phi) is 4.55. The zero-order valence-corrected chi connectivity index (χ0v) is 14.8.